The second-order valence-electron chi connectivity index (χ2n) is 6.54. The highest BCUT2D eigenvalue weighted by molar-refractivity contribution is 4.87. The SMILES string of the molecule is CC1(C)CCC(N)C(CCC2CCCO2)C1. The first-order valence-electron chi connectivity index (χ1n) is 6.94. The molecule has 2 rings (SSSR count). The fraction of sp³-hybridized carbons (Fsp3) is 1.00. The van der Waals surface area contributed by atoms with E-state index in [2.05, 4.69) is 13.8 Å². The number of hydrogen-bond donors (Lipinski definition) is 1. The van der Waals surface area contributed by atoms with Crippen molar-refractivity contribution >= 4 is 0 Å². The highest BCUT2D eigenvalue weighted by Crippen LogP contribution is 2.40. The molecule has 0 amide bonds. The van der Waals surface area contributed by atoms with Gasteiger partial charge in [0.2, 0.25) is 0 Å². The molecule has 0 radical (unpaired) electrons. The van der Waals surface area contributed by atoms with Crippen LogP contribution >= 0.6 is 0 Å². The maximum absolute atomic E-state index is 6.24. The zero-order chi connectivity index (χ0) is 11.6. The summed E-state index contributed by atoms with van der Waals surface area (Å²) < 4.78 is 5.69. The molecule has 2 heteroatoms. The van der Waals surface area contributed by atoms with Crippen molar-refractivity contribution in [3.05, 3.63) is 0 Å². The van der Waals surface area contributed by atoms with Gasteiger partial charge in [0.25, 0.3) is 0 Å². The van der Waals surface area contributed by atoms with Crippen LogP contribution in [0.3, 0.4) is 0 Å². The van der Waals surface area contributed by atoms with Crippen molar-refractivity contribution in [2.24, 2.45) is 17.1 Å². The number of nitrogens with two attached hydrogens (primary N) is 1. The minimum absolute atomic E-state index is 0.439. The highest BCUT2D eigenvalue weighted by Gasteiger charge is 2.33. The normalized spacial score (nSPS) is 38.8. The van der Waals surface area contributed by atoms with E-state index < -0.39 is 0 Å². The average Bonchev–Trinajstić information content (AvgIpc) is 2.72. The molecule has 1 heterocycles. The van der Waals surface area contributed by atoms with Gasteiger partial charge in [-0.2, -0.15) is 0 Å². The van der Waals surface area contributed by atoms with E-state index in [1.165, 1.54) is 44.9 Å². The quantitative estimate of drug-likeness (QED) is 0.801. The largest absolute Gasteiger partial charge is 0.378 e. The maximum Gasteiger partial charge on any atom is 0.0576 e. The molecular formula is C14H27NO. The summed E-state index contributed by atoms with van der Waals surface area (Å²) in [7, 11) is 0. The Hall–Kier alpha value is -0.0800. The number of hydrogen-bond acceptors (Lipinski definition) is 2. The lowest BCUT2D eigenvalue weighted by Crippen LogP contribution is -2.39. The van der Waals surface area contributed by atoms with Gasteiger partial charge in [-0.15, -0.1) is 0 Å². The second kappa shape index (κ2) is 5.05. The van der Waals surface area contributed by atoms with Crippen molar-refractivity contribution in [3.63, 3.8) is 0 Å². The first-order valence-corrected chi connectivity index (χ1v) is 6.94. The lowest BCUT2D eigenvalue weighted by Gasteiger charge is -2.39. The van der Waals surface area contributed by atoms with Gasteiger partial charge in [-0.1, -0.05) is 13.8 Å². The predicted molar refractivity (Wildman–Crippen MR) is 67.3 cm³/mol. The highest BCUT2D eigenvalue weighted by atomic mass is 16.5. The lowest BCUT2D eigenvalue weighted by atomic mass is 9.68. The van der Waals surface area contributed by atoms with Crippen LogP contribution in [0.5, 0.6) is 0 Å². The molecule has 0 aromatic heterocycles. The molecule has 2 nitrogen and oxygen atoms in total. The van der Waals surface area contributed by atoms with Crippen LogP contribution in [0.1, 0.15) is 58.8 Å². The molecule has 0 aromatic rings. The molecule has 1 aliphatic heterocycles. The molecule has 0 bridgehead atoms. The fourth-order valence-electron chi connectivity index (χ4n) is 3.34. The Kier molecular flexibility index (Phi) is 3.91. The Bertz CT molecular complexity index is 221. The standard InChI is InChI=1S/C14H27NO/c1-14(2)8-7-13(15)11(10-14)5-6-12-4-3-9-16-12/h11-13H,3-10,15H2,1-2H3. The van der Waals surface area contributed by atoms with Gasteiger partial charge >= 0.3 is 0 Å². The summed E-state index contributed by atoms with van der Waals surface area (Å²) in [5.41, 5.74) is 6.76. The average molecular weight is 225 g/mol. The van der Waals surface area contributed by atoms with E-state index in [1.807, 2.05) is 0 Å². The van der Waals surface area contributed by atoms with Crippen molar-refractivity contribution in [1.82, 2.24) is 0 Å². The zero-order valence-corrected chi connectivity index (χ0v) is 10.9. The molecule has 1 saturated carbocycles. The summed E-state index contributed by atoms with van der Waals surface area (Å²) in [4.78, 5) is 0. The van der Waals surface area contributed by atoms with Crippen molar-refractivity contribution in [2.75, 3.05) is 6.61 Å². The predicted octanol–water partition coefficient (Wildman–Crippen LogP) is 3.10. The Morgan fingerprint density at radius 2 is 2.06 bits per heavy atom. The summed E-state index contributed by atoms with van der Waals surface area (Å²) >= 11 is 0. The third-order valence-corrected chi connectivity index (χ3v) is 4.46. The molecule has 16 heavy (non-hydrogen) atoms. The van der Waals surface area contributed by atoms with Gasteiger partial charge in [-0.25, -0.2) is 0 Å². The van der Waals surface area contributed by atoms with Crippen molar-refractivity contribution in [2.45, 2.75) is 70.9 Å². The molecular weight excluding hydrogens is 198 g/mol. The number of rotatable bonds is 3. The van der Waals surface area contributed by atoms with E-state index in [1.54, 1.807) is 0 Å². The monoisotopic (exact) mass is 225 g/mol. The van der Waals surface area contributed by atoms with E-state index in [4.69, 9.17) is 10.5 Å². The van der Waals surface area contributed by atoms with Crippen LogP contribution in [0.2, 0.25) is 0 Å². The third kappa shape index (κ3) is 3.21. The minimum Gasteiger partial charge on any atom is -0.378 e. The lowest BCUT2D eigenvalue weighted by molar-refractivity contribution is 0.0840. The van der Waals surface area contributed by atoms with Crippen LogP contribution in [0, 0.1) is 11.3 Å². The molecule has 1 saturated heterocycles. The maximum atomic E-state index is 6.24. The molecule has 1 aliphatic carbocycles. The van der Waals surface area contributed by atoms with Gasteiger partial charge in [0.05, 0.1) is 6.10 Å². The molecule has 3 atom stereocenters. The summed E-state index contributed by atoms with van der Waals surface area (Å²) in [6.45, 7) is 5.75. The topological polar surface area (TPSA) is 35.2 Å². The van der Waals surface area contributed by atoms with Crippen LogP contribution < -0.4 is 5.73 Å². The van der Waals surface area contributed by atoms with Crippen molar-refractivity contribution < 1.29 is 4.74 Å². The summed E-state index contributed by atoms with van der Waals surface area (Å²) in [6, 6.07) is 0.439. The van der Waals surface area contributed by atoms with Gasteiger partial charge in [-0.3, -0.25) is 0 Å². The smallest absolute Gasteiger partial charge is 0.0576 e. The van der Waals surface area contributed by atoms with Gasteiger partial charge in [-0.05, 0) is 56.3 Å². The van der Waals surface area contributed by atoms with E-state index in [-0.39, 0.29) is 0 Å². The van der Waals surface area contributed by atoms with Crippen molar-refractivity contribution in [1.29, 1.82) is 0 Å². The van der Waals surface area contributed by atoms with E-state index in [9.17, 15) is 0 Å². The molecule has 3 unspecified atom stereocenters. The minimum atomic E-state index is 0.439. The first kappa shape index (κ1) is 12.4. The molecule has 2 aliphatic rings. The zero-order valence-electron chi connectivity index (χ0n) is 10.9. The Balaban J connectivity index is 1.78. The molecule has 0 aromatic carbocycles. The van der Waals surface area contributed by atoms with Crippen LogP contribution in [-0.4, -0.2) is 18.8 Å². The molecule has 2 N–H and O–H groups in total. The Morgan fingerprint density at radius 1 is 1.25 bits per heavy atom. The van der Waals surface area contributed by atoms with E-state index in [0.717, 1.165) is 12.5 Å². The Labute approximate surface area is 99.9 Å². The Morgan fingerprint density at radius 3 is 2.75 bits per heavy atom. The molecule has 0 spiro atoms. The van der Waals surface area contributed by atoms with Crippen LogP contribution in [0.15, 0.2) is 0 Å². The van der Waals surface area contributed by atoms with Gasteiger partial charge < -0.3 is 10.5 Å². The number of ether oxygens (including phenoxy) is 1. The second-order valence-corrected chi connectivity index (χ2v) is 6.54. The molecule has 2 fully saturated rings. The summed E-state index contributed by atoms with van der Waals surface area (Å²) in [6.07, 6.45) is 9.38. The van der Waals surface area contributed by atoms with E-state index >= 15 is 0 Å². The molecule has 94 valence electrons. The summed E-state index contributed by atoms with van der Waals surface area (Å²) in [5.74, 6) is 0.730. The van der Waals surface area contributed by atoms with Crippen LogP contribution in [0.25, 0.3) is 0 Å². The van der Waals surface area contributed by atoms with Gasteiger partial charge in [0, 0.05) is 12.6 Å². The van der Waals surface area contributed by atoms with Crippen molar-refractivity contribution in [3.8, 4) is 0 Å². The van der Waals surface area contributed by atoms with Gasteiger partial charge in [0.15, 0.2) is 0 Å². The third-order valence-electron chi connectivity index (χ3n) is 4.46. The van der Waals surface area contributed by atoms with Gasteiger partial charge in [0.1, 0.15) is 0 Å². The fourth-order valence-corrected chi connectivity index (χ4v) is 3.34. The van der Waals surface area contributed by atoms with Crippen LogP contribution in [-0.2, 0) is 4.74 Å². The summed E-state index contributed by atoms with van der Waals surface area (Å²) in [5, 5.41) is 0. The van der Waals surface area contributed by atoms with E-state index in [0.29, 0.717) is 17.6 Å². The van der Waals surface area contributed by atoms with Crippen LogP contribution in [0.4, 0.5) is 0 Å². The first-order chi connectivity index (χ1) is 7.57.